The van der Waals surface area contributed by atoms with Crippen molar-refractivity contribution in [3.05, 3.63) is 130 Å². The van der Waals surface area contributed by atoms with Crippen LogP contribution in [0, 0.1) is 0 Å². The molecule has 5 aromatic carbocycles. The largest absolute Gasteiger partial charge is 0.0901 e. The van der Waals surface area contributed by atoms with E-state index in [-0.39, 0.29) is 0 Å². The standard InChI is InChI=1S/C30H20Br2S4/c31-21-1-5-23(6-2-21)33-25-9-13-27(14-10-25)35-29-17-19-30(20-18-29)36-28-15-11-26(12-16-28)34-24-7-3-22(32)4-8-24/h1-20H. The quantitative estimate of drug-likeness (QED) is 0.161. The maximum Gasteiger partial charge on any atom is 0.0176 e. The van der Waals surface area contributed by atoms with Gasteiger partial charge in [-0.25, -0.2) is 0 Å². The summed E-state index contributed by atoms with van der Waals surface area (Å²) >= 11 is 14.1. The van der Waals surface area contributed by atoms with Gasteiger partial charge in [0.15, 0.2) is 0 Å². The van der Waals surface area contributed by atoms with E-state index >= 15 is 0 Å². The van der Waals surface area contributed by atoms with Crippen molar-refractivity contribution in [2.45, 2.75) is 39.2 Å². The van der Waals surface area contributed by atoms with Crippen LogP contribution in [0.4, 0.5) is 0 Å². The van der Waals surface area contributed by atoms with Crippen molar-refractivity contribution in [2.75, 3.05) is 0 Å². The van der Waals surface area contributed by atoms with E-state index in [4.69, 9.17) is 0 Å². The summed E-state index contributed by atoms with van der Waals surface area (Å²) in [6.45, 7) is 0. The predicted molar refractivity (Wildman–Crippen MR) is 164 cm³/mol. The van der Waals surface area contributed by atoms with Crippen molar-refractivity contribution in [2.24, 2.45) is 0 Å². The summed E-state index contributed by atoms with van der Waals surface area (Å²) in [7, 11) is 0. The molecule has 0 N–H and O–H groups in total. The molecule has 0 fully saturated rings. The maximum atomic E-state index is 3.49. The highest BCUT2D eigenvalue weighted by molar-refractivity contribution is 9.10. The minimum Gasteiger partial charge on any atom is -0.0901 e. The molecule has 0 saturated carbocycles. The fourth-order valence-electron chi connectivity index (χ4n) is 3.28. The fourth-order valence-corrected chi connectivity index (χ4v) is 7.07. The first-order valence-corrected chi connectivity index (χ1v) is 16.0. The van der Waals surface area contributed by atoms with Crippen LogP contribution in [0.2, 0.25) is 0 Å². The minimum atomic E-state index is 1.10. The van der Waals surface area contributed by atoms with Crippen LogP contribution < -0.4 is 0 Å². The molecule has 0 unspecified atom stereocenters. The van der Waals surface area contributed by atoms with Gasteiger partial charge in [0.2, 0.25) is 0 Å². The third-order valence-corrected chi connectivity index (χ3v) is 10.2. The first-order chi connectivity index (χ1) is 17.6. The lowest BCUT2D eigenvalue weighted by Crippen LogP contribution is -1.78. The van der Waals surface area contributed by atoms with Crippen LogP contribution in [0.3, 0.4) is 0 Å². The van der Waals surface area contributed by atoms with E-state index < -0.39 is 0 Å². The third kappa shape index (κ3) is 7.73. The summed E-state index contributed by atoms with van der Waals surface area (Å²) < 4.78 is 2.21. The Morgan fingerprint density at radius 3 is 0.556 bits per heavy atom. The summed E-state index contributed by atoms with van der Waals surface area (Å²) in [4.78, 5) is 9.95. The number of benzene rings is 5. The van der Waals surface area contributed by atoms with E-state index in [2.05, 4.69) is 153 Å². The summed E-state index contributed by atoms with van der Waals surface area (Å²) in [5.41, 5.74) is 0. The molecule has 6 heteroatoms. The van der Waals surface area contributed by atoms with Gasteiger partial charge in [-0.2, -0.15) is 0 Å². The summed E-state index contributed by atoms with van der Waals surface area (Å²) in [5, 5.41) is 0. The predicted octanol–water partition coefficient (Wildman–Crippen LogP) is 11.8. The van der Waals surface area contributed by atoms with E-state index in [9.17, 15) is 0 Å². The number of rotatable bonds is 8. The number of hydrogen-bond donors (Lipinski definition) is 0. The molecule has 0 atom stereocenters. The molecule has 0 aromatic heterocycles. The lowest BCUT2D eigenvalue weighted by molar-refractivity contribution is 1.30. The lowest BCUT2D eigenvalue weighted by atomic mass is 10.4. The highest BCUT2D eigenvalue weighted by Crippen LogP contribution is 2.36. The van der Waals surface area contributed by atoms with Crippen molar-refractivity contribution in [1.29, 1.82) is 0 Å². The average Bonchev–Trinajstić information content (AvgIpc) is 2.90. The van der Waals surface area contributed by atoms with Crippen molar-refractivity contribution in [3.63, 3.8) is 0 Å². The van der Waals surface area contributed by atoms with Gasteiger partial charge in [0, 0.05) is 48.1 Å². The van der Waals surface area contributed by atoms with Crippen molar-refractivity contribution < 1.29 is 0 Å². The van der Waals surface area contributed by atoms with Crippen LogP contribution in [-0.2, 0) is 0 Å². The Morgan fingerprint density at radius 1 is 0.250 bits per heavy atom. The van der Waals surface area contributed by atoms with Crippen LogP contribution in [0.5, 0.6) is 0 Å². The number of hydrogen-bond acceptors (Lipinski definition) is 4. The molecule has 0 radical (unpaired) electrons. The van der Waals surface area contributed by atoms with Gasteiger partial charge in [0.05, 0.1) is 0 Å². The summed E-state index contributed by atoms with van der Waals surface area (Å²) in [6.07, 6.45) is 0. The molecule has 5 aromatic rings. The monoisotopic (exact) mass is 666 g/mol. The van der Waals surface area contributed by atoms with Crippen LogP contribution in [0.25, 0.3) is 0 Å². The molecule has 0 saturated heterocycles. The molecule has 0 aliphatic rings. The normalized spacial score (nSPS) is 10.9. The average molecular weight is 669 g/mol. The highest BCUT2D eigenvalue weighted by atomic mass is 79.9. The Hall–Kier alpha value is -1.54. The van der Waals surface area contributed by atoms with Gasteiger partial charge < -0.3 is 0 Å². The lowest BCUT2D eigenvalue weighted by Gasteiger charge is -2.07. The van der Waals surface area contributed by atoms with Gasteiger partial charge in [-0.15, -0.1) is 0 Å². The van der Waals surface area contributed by atoms with E-state index in [1.807, 2.05) is 0 Å². The van der Waals surface area contributed by atoms with Gasteiger partial charge in [-0.3, -0.25) is 0 Å². The molecule has 0 heterocycles. The van der Waals surface area contributed by atoms with E-state index in [0.29, 0.717) is 0 Å². The zero-order valence-electron chi connectivity index (χ0n) is 18.9. The Labute approximate surface area is 246 Å². The van der Waals surface area contributed by atoms with E-state index in [1.165, 1.54) is 39.2 Å². The molecule has 0 spiro atoms. The smallest absolute Gasteiger partial charge is 0.0176 e. The van der Waals surface area contributed by atoms with Crippen molar-refractivity contribution >= 4 is 78.9 Å². The molecular formula is C30H20Br2S4. The fraction of sp³-hybridized carbons (Fsp3) is 0. The van der Waals surface area contributed by atoms with Gasteiger partial charge in [0.25, 0.3) is 0 Å². The van der Waals surface area contributed by atoms with Crippen molar-refractivity contribution in [1.82, 2.24) is 0 Å². The third-order valence-electron chi connectivity index (χ3n) is 5.04. The molecule has 5 rings (SSSR count). The molecule has 0 nitrogen and oxygen atoms in total. The molecule has 0 amide bonds. The second kappa shape index (κ2) is 12.8. The van der Waals surface area contributed by atoms with Crippen LogP contribution in [0.15, 0.2) is 169 Å². The highest BCUT2D eigenvalue weighted by Gasteiger charge is 2.04. The SMILES string of the molecule is Brc1ccc(Sc2ccc(Sc3ccc(Sc4ccc(Sc5ccc(Br)cc5)cc4)cc3)cc2)cc1. The Kier molecular flexibility index (Phi) is 9.28. The van der Waals surface area contributed by atoms with E-state index in [1.54, 1.807) is 47.0 Å². The first-order valence-electron chi connectivity index (χ1n) is 11.1. The maximum absolute atomic E-state index is 3.49. The molecule has 0 bridgehead atoms. The van der Waals surface area contributed by atoms with Gasteiger partial charge in [-0.05, 0) is 121 Å². The van der Waals surface area contributed by atoms with Crippen LogP contribution in [0.1, 0.15) is 0 Å². The minimum absolute atomic E-state index is 1.10. The zero-order chi connectivity index (χ0) is 24.7. The second-order valence-corrected chi connectivity index (χ2v) is 14.1. The Balaban J connectivity index is 1.14. The van der Waals surface area contributed by atoms with Gasteiger partial charge >= 0.3 is 0 Å². The Bertz CT molecular complexity index is 1290. The van der Waals surface area contributed by atoms with Crippen LogP contribution >= 0.6 is 78.9 Å². The second-order valence-electron chi connectivity index (χ2n) is 7.73. The molecule has 0 aliphatic heterocycles. The molecule has 36 heavy (non-hydrogen) atoms. The van der Waals surface area contributed by atoms with E-state index in [0.717, 1.165) is 8.95 Å². The van der Waals surface area contributed by atoms with Gasteiger partial charge in [-0.1, -0.05) is 78.9 Å². The van der Waals surface area contributed by atoms with Gasteiger partial charge in [0.1, 0.15) is 0 Å². The number of halogens is 2. The topological polar surface area (TPSA) is 0 Å². The first kappa shape index (κ1) is 26.1. The Morgan fingerprint density at radius 2 is 0.389 bits per heavy atom. The molecule has 178 valence electrons. The van der Waals surface area contributed by atoms with Crippen LogP contribution in [-0.4, -0.2) is 0 Å². The van der Waals surface area contributed by atoms with Crippen molar-refractivity contribution in [3.8, 4) is 0 Å². The summed E-state index contributed by atoms with van der Waals surface area (Å²) in [6, 6.07) is 43.2. The zero-order valence-corrected chi connectivity index (χ0v) is 25.4. The molecule has 0 aliphatic carbocycles. The molecular weight excluding hydrogens is 648 g/mol. The summed E-state index contributed by atoms with van der Waals surface area (Å²) in [5.74, 6) is 0.